The van der Waals surface area contributed by atoms with Crippen molar-refractivity contribution in [1.82, 2.24) is 10.6 Å². The van der Waals surface area contributed by atoms with Crippen molar-refractivity contribution in [3.05, 3.63) is 102 Å². The van der Waals surface area contributed by atoms with Crippen molar-refractivity contribution in [2.45, 2.75) is 18.9 Å². The minimum atomic E-state index is -0.403. The van der Waals surface area contributed by atoms with Crippen LogP contribution in [0.1, 0.15) is 33.9 Å². The van der Waals surface area contributed by atoms with E-state index in [9.17, 15) is 9.59 Å². The molecule has 0 saturated heterocycles. The number of rotatable bonds is 9. The molecule has 1 atom stereocenters. The Morgan fingerprint density at radius 1 is 0.867 bits per heavy atom. The first-order valence-corrected chi connectivity index (χ1v) is 9.96. The zero-order valence-electron chi connectivity index (χ0n) is 17.0. The van der Waals surface area contributed by atoms with Crippen molar-refractivity contribution in [1.29, 1.82) is 0 Å². The number of hydrogen-bond acceptors (Lipinski definition) is 3. The van der Waals surface area contributed by atoms with Gasteiger partial charge in [0, 0.05) is 12.1 Å². The van der Waals surface area contributed by atoms with Crippen molar-refractivity contribution >= 4 is 11.8 Å². The Morgan fingerprint density at radius 3 is 2.13 bits per heavy atom. The average molecular weight is 402 g/mol. The van der Waals surface area contributed by atoms with Gasteiger partial charge in [-0.2, -0.15) is 0 Å². The lowest BCUT2D eigenvalue weighted by Gasteiger charge is -2.19. The number of carbonyl (C=O) groups is 2. The topological polar surface area (TPSA) is 67.4 Å². The van der Waals surface area contributed by atoms with E-state index < -0.39 is 6.04 Å². The summed E-state index contributed by atoms with van der Waals surface area (Å²) in [6, 6.07) is 25.9. The maximum Gasteiger partial charge on any atom is 0.251 e. The summed E-state index contributed by atoms with van der Waals surface area (Å²) >= 11 is 0. The summed E-state index contributed by atoms with van der Waals surface area (Å²) in [6.07, 6.45) is 0.896. The third-order valence-corrected chi connectivity index (χ3v) is 4.83. The second-order valence-corrected chi connectivity index (χ2v) is 6.95. The van der Waals surface area contributed by atoms with E-state index in [0.717, 1.165) is 23.3 Å². The van der Waals surface area contributed by atoms with Crippen molar-refractivity contribution in [2.24, 2.45) is 0 Å². The van der Waals surface area contributed by atoms with Crippen molar-refractivity contribution in [2.75, 3.05) is 13.7 Å². The summed E-state index contributed by atoms with van der Waals surface area (Å²) in [7, 11) is 1.63. The van der Waals surface area contributed by atoms with E-state index >= 15 is 0 Å². The Morgan fingerprint density at radius 2 is 1.50 bits per heavy atom. The molecule has 3 aromatic carbocycles. The number of carbonyl (C=O) groups excluding carboxylic acids is 2. The molecule has 2 N–H and O–H groups in total. The highest BCUT2D eigenvalue weighted by Gasteiger charge is 2.19. The second kappa shape index (κ2) is 10.8. The predicted octanol–water partition coefficient (Wildman–Crippen LogP) is 3.92. The van der Waals surface area contributed by atoms with Gasteiger partial charge in [-0.15, -0.1) is 0 Å². The number of ether oxygens (including phenoxy) is 1. The van der Waals surface area contributed by atoms with Crippen molar-refractivity contribution < 1.29 is 14.3 Å². The number of nitrogens with one attached hydrogen (secondary N) is 2. The van der Waals surface area contributed by atoms with Crippen molar-refractivity contribution in [3.8, 4) is 5.75 Å². The average Bonchev–Trinajstić information content (AvgIpc) is 2.80. The Hall–Kier alpha value is -3.60. The number of benzene rings is 3. The first-order chi connectivity index (χ1) is 14.7. The monoisotopic (exact) mass is 402 g/mol. The third kappa shape index (κ3) is 6.21. The van der Waals surface area contributed by atoms with Crippen LogP contribution in [0, 0.1) is 0 Å². The lowest BCUT2D eigenvalue weighted by atomic mass is 10.0. The van der Waals surface area contributed by atoms with Crippen LogP contribution in [-0.4, -0.2) is 25.5 Å². The summed E-state index contributed by atoms with van der Waals surface area (Å²) in [4.78, 5) is 25.2. The molecule has 0 aliphatic heterocycles. The summed E-state index contributed by atoms with van der Waals surface area (Å²) in [5.41, 5.74) is 2.58. The Kier molecular flexibility index (Phi) is 7.61. The minimum Gasteiger partial charge on any atom is -0.497 e. The van der Waals surface area contributed by atoms with Crippen LogP contribution in [0.5, 0.6) is 5.75 Å². The highest BCUT2D eigenvalue weighted by molar-refractivity contribution is 5.94. The number of hydrogen-bond donors (Lipinski definition) is 2. The van der Waals surface area contributed by atoms with Gasteiger partial charge in [-0.05, 0) is 41.8 Å². The molecule has 0 radical (unpaired) electrons. The molecule has 0 heterocycles. The van der Waals surface area contributed by atoms with E-state index in [-0.39, 0.29) is 18.2 Å². The molecular formula is C25H26N2O3. The lowest BCUT2D eigenvalue weighted by Crippen LogP contribution is -2.34. The predicted molar refractivity (Wildman–Crippen MR) is 117 cm³/mol. The molecule has 1 unspecified atom stereocenters. The molecule has 0 fully saturated rings. The van der Waals surface area contributed by atoms with E-state index in [4.69, 9.17) is 4.74 Å². The van der Waals surface area contributed by atoms with E-state index in [1.165, 1.54) is 0 Å². The van der Waals surface area contributed by atoms with Crippen LogP contribution in [-0.2, 0) is 11.2 Å². The van der Waals surface area contributed by atoms with Crippen LogP contribution >= 0.6 is 0 Å². The number of amides is 2. The molecule has 0 aliphatic carbocycles. The van der Waals surface area contributed by atoms with Crippen LogP contribution in [0.4, 0.5) is 0 Å². The maximum atomic E-state index is 12.6. The highest BCUT2D eigenvalue weighted by atomic mass is 16.5. The van der Waals surface area contributed by atoms with Crippen LogP contribution in [0.25, 0.3) is 0 Å². The van der Waals surface area contributed by atoms with E-state index in [1.54, 1.807) is 19.2 Å². The van der Waals surface area contributed by atoms with Crippen LogP contribution < -0.4 is 15.4 Å². The molecule has 154 valence electrons. The molecule has 0 saturated carbocycles. The van der Waals surface area contributed by atoms with Gasteiger partial charge < -0.3 is 15.4 Å². The van der Waals surface area contributed by atoms with Gasteiger partial charge in [-0.1, -0.05) is 60.7 Å². The van der Waals surface area contributed by atoms with Gasteiger partial charge in [0.15, 0.2) is 0 Å². The zero-order valence-corrected chi connectivity index (χ0v) is 17.0. The molecule has 0 spiro atoms. The molecule has 3 aromatic rings. The van der Waals surface area contributed by atoms with Gasteiger partial charge in [0.1, 0.15) is 5.75 Å². The fourth-order valence-electron chi connectivity index (χ4n) is 3.16. The molecule has 0 aliphatic rings. The molecule has 3 rings (SSSR count). The maximum absolute atomic E-state index is 12.6. The standard InChI is InChI=1S/C25H26N2O3/c1-30-22-14-12-19(13-15-22)16-17-26-24(28)18-23(20-8-4-2-5-9-20)27-25(29)21-10-6-3-7-11-21/h2-15,23H,16-18H2,1H3,(H,26,28)(H,27,29). The minimum absolute atomic E-state index is 0.106. The molecule has 0 bridgehead atoms. The molecule has 0 aromatic heterocycles. The van der Waals surface area contributed by atoms with Crippen molar-refractivity contribution in [3.63, 3.8) is 0 Å². The first-order valence-electron chi connectivity index (χ1n) is 9.96. The van der Waals surface area contributed by atoms with Gasteiger partial charge in [0.2, 0.25) is 5.91 Å². The fourth-order valence-corrected chi connectivity index (χ4v) is 3.16. The van der Waals surface area contributed by atoms with Gasteiger partial charge in [0.25, 0.3) is 5.91 Å². The Labute approximate surface area is 177 Å². The fraction of sp³-hybridized carbons (Fsp3) is 0.200. The molecule has 2 amide bonds. The van der Waals surface area contributed by atoms with E-state index in [0.29, 0.717) is 12.1 Å². The molecular weight excluding hydrogens is 376 g/mol. The lowest BCUT2D eigenvalue weighted by molar-refractivity contribution is -0.121. The van der Waals surface area contributed by atoms with Gasteiger partial charge >= 0.3 is 0 Å². The zero-order chi connectivity index (χ0) is 21.2. The quantitative estimate of drug-likeness (QED) is 0.570. The SMILES string of the molecule is COc1ccc(CCNC(=O)CC(NC(=O)c2ccccc2)c2ccccc2)cc1. The summed E-state index contributed by atoms with van der Waals surface area (Å²) < 4.78 is 5.16. The van der Waals surface area contributed by atoms with Gasteiger partial charge in [0.05, 0.1) is 19.6 Å². The summed E-state index contributed by atoms with van der Waals surface area (Å²) in [6.45, 7) is 0.527. The summed E-state index contributed by atoms with van der Waals surface area (Å²) in [5, 5.41) is 5.94. The largest absolute Gasteiger partial charge is 0.497 e. The normalized spacial score (nSPS) is 11.4. The molecule has 30 heavy (non-hydrogen) atoms. The van der Waals surface area contributed by atoms with Crippen LogP contribution in [0.3, 0.4) is 0 Å². The number of methoxy groups -OCH3 is 1. The van der Waals surface area contributed by atoms with Crippen LogP contribution in [0.2, 0.25) is 0 Å². The van der Waals surface area contributed by atoms with Gasteiger partial charge in [-0.3, -0.25) is 9.59 Å². The van der Waals surface area contributed by atoms with Crippen LogP contribution in [0.15, 0.2) is 84.9 Å². The molecule has 5 heteroatoms. The second-order valence-electron chi connectivity index (χ2n) is 6.95. The van der Waals surface area contributed by atoms with E-state index in [2.05, 4.69) is 10.6 Å². The summed E-state index contributed by atoms with van der Waals surface area (Å²) in [5.74, 6) is 0.504. The first kappa shape index (κ1) is 21.1. The van der Waals surface area contributed by atoms with E-state index in [1.807, 2.05) is 72.8 Å². The third-order valence-electron chi connectivity index (χ3n) is 4.83. The molecule has 5 nitrogen and oxygen atoms in total. The smallest absolute Gasteiger partial charge is 0.251 e. The Bertz CT molecular complexity index is 941. The highest BCUT2D eigenvalue weighted by Crippen LogP contribution is 2.18. The Balaban J connectivity index is 1.58. The van der Waals surface area contributed by atoms with Gasteiger partial charge in [-0.25, -0.2) is 0 Å².